The van der Waals surface area contributed by atoms with Gasteiger partial charge in [0.25, 0.3) is 0 Å². The Hall–Kier alpha value is -1.18. The van der Waals surface area contributed by atoms with Crippen LogP contribution < -0.4 is 10.3 Å². The highest BCUT2D eigenvalue weighted by Crippen LogP contribution is 2.15. The molecule has 19 heavy (non-hydrogen) atoms. The molecule has 0 spiro atoms. The molecular formula is C12H18N2O4S. The number of sulfonamides is 1. The minimum Gasteiger partial charge on any atom is -0.378 e. The lowest BCUT2D eigenvalue weighted by Crippen LogP contribution is -2.29. The first-order valence-corrected chi connectivity index (χ1v) is 7.86. The van der Waals surface area contributed by atoms with Crippen LogP contribution in [0.25, 0.3) is 0 Å². The quantitative estimate of drug-likeness (QED) is 0.830. The molecule has 106 valence electrons. The Labute approximate surface area is 112 Å². The van der Waals surface area contributed by atoms with Gasteiger partial charge in [-0.3, -0.25) is 4.79 Å². The third-order valence-corrected chi connectivity index (χ3v) is 4.56. The summed E-state index contributed by atoms with van der Waals surface area (Å²) in [6.07, 6.45) is 5.22. The second-order valence-electron chi connectivity index (χ2n) is 4.56. The van der Waals surface area contributed by atoms with Crippen LogP contribution in [0.1, 0.15) is 25.7 Å². The first-order valence-electron chi connectivity index (χ1n) is 6.38. The van der Waals surface area contributed by atoms with E-state index in [1.165, 1.54) is 18.3 Å². The van der Waals surface area contributed by atoms with Gasteiger partial charge in [-0.1, -0.05) is 0 Å². The van der Waals surface area contributed by atoms with Crippen LogP contribution >= 0.6 is 0 Å². The number of hydrogen-bond acceptors (Lipinski definition) is 4. The fourth-order valence-corrected chi connectivity index (χ4v) is 3.05. The maximum atomic E-state index is 11.9. The highest BCUT2D eigenvalue weighted by Gasteiger charge is 2.17. The van der Waals surface area contributed by atoms with E-state index in [9.17, 15) is 13.2 Å². The van der Waals surface area contributed by atoms with Gasteiger partial charge in [0.15, 0.2) is 0 Å². The van der Waals surface area contributed by atoms with Crippen LogP contribution in [-0.2, 0) is 14.8 Å². The van der Waals surface area contributed by atoms with Gasteiger partial charge in [-0.25, -0.2) is 13.1 Å². The molecule has 1 atom stereocenters. The van der Waals surface area contributed by atoms with Gasteiger partial charge in [-0.15, -0.1) is 0 Å². The SMILES string of the molecule is O=c1ccc(S(=O)(=O)NCCC2CCCCO2)c[nH]1. The summed E-state index contributed by atoms with van der Waals surface area (Å²) in [5.74, 6) is 0. The zero-order chi connectivity index (χ0) is 13.7. The molecule has 2 rings (SSSR count). The number of rotatable bonds is 5. The molecule has 1 aliphatic rings. The van der Waals surface area contributed by atoms with E-state index in [0.717, 1.165) is 25.9 Å². The summed E-state index contributed by atoms with van der Waals surface area (Å²) in [6, 6.07) is 2.48. The van der Waals surface area contributed by atoms with E-state index in [4.69, 9.17) is 4.74 Å². The molecule has 0 saturated carbocycles. The second-order valence-corrected chi connectivity index (χ2v) is 6.33. The molecule has 2 N–H and O–H groups in total. The molecule has 0 bridgehead atoms. The van der Waals surface area contributed by atoms with Gasteiger partial charge in [-0.05, 0) is 31.7 Å². The number of pyridine rings is 1. The highest BCUT2D eigenvalue weighted by atomic mass is 32.2. The van der Waals surface area contributed by atoms with Crippen LogP contribution in [0.5, 0.6) is 0 Å². The monoisotopic (exact) mass is 286 g/mol. The Balaban J connectivity index is 1.87. The molecule has 6 nitrogen and oxygen atoms in total. The van der Waals surface area contributed by atoms with Gasteiger partial charge in [0, 0.05) is 25.4 Å². The van der Waals surface area contributed by atoms with Crippen LogP contribution in [-0.4, -0.2) is 32.7 Å². The van der Waals surface area contributed by atoms with Crippen LogP contribution in [0.3, 0.4) is 0 Å². The number of nitrogens with one attached hydrogen (secondary N) is 2. The van der Waals surface area contributed by atoms with E-state index < -0.39 is 10.0 Å². The van der Waals surface area contributed by atoms with Crippen molar-refractivity contribution in [2.45, 2.75) is 36.7 Å². The minimum absolute atomic E-state index is 0.0664. The molecular weight excluding hydrogens is 268 g/mol. The van der Waals surface area contributed by atoms with Crippen molar-refractivity contribution in [3.05, 3.63) is 28.7 Å². The molecule has 1 saturated heterocycles. The number of H-pyrrole nitrogens is 1. The Morgan fingerprint density at radius 3 is 2.84 bits per heavy atom. The van der Waals surface area contributed by atoms with Crippen LogP contribution in [0.2, 0.25) is 0 Å². The van der Waals surface area contributed by atoms with Gasteiger partial charge < -0.3 is 9.72 Å². The normalized spacial score (nSPS) is 20.3. The number of aromatic amines is 1. The smallest absolute Gasteiger partial charge is 0.247 e. The molecule has 1 aromatic rings. The third kappa shape index (κ3) is 4.15. The molecule has 0 aliphatic carbocycles. The van der Waals surface area contributed by atoms with Gasteiger partial charge >= 0.3 is 0 Å². The Morgan fingerprint density at radius 2 is 2.21 bits per heavy atom. The van der Waals surface area contributed by atoms with Crippen molar-refractivity contribution >= 4 is 10.0 Å². The fraction of sp³-hybridized carbons (Fsp3) is 0.583. The molecule has 1 fully saturated rings. The molecule has 7 heteroatoms. The van der Waals surface area contributed by atoms with E-state index >= 15 is 0 Å². The lowest BCUT2D eigenvalue weighted by atomic mass is 10.1. The van der Waals surface area contributed by atoms with Crippen molar-refractivity contribution in [3.63, 3.8) is 0 Å². The summed E-state index contributed by atoms with van der Waals surface area (Å²) in [4.78, 5) is 13.3. The maximum absolute atomic E-state index is 11.9. The molecule has 1 aliphatic heterocycles. The second kappa shape index (κ2) is 6.31. The van der Waals surface area contributed by atoms with E-state index in [-0.39, 0.29) is 16.6 Å². The molecule has 0 radical (unpaired) electrons. The van der Waals surface area contributed by atoms with Crippen molar-refractivity contribution in [1.29, 1.82) is 0 Å². The van der Waals surface area contributed by atoms with Crippen molar-refractivity contribution in [3.8, 4) is 0 Å². The van der Waals surface area contributed by atoms with Gasteiger partial charge in [0.2, 0.25) is 15.6 Å². The van der Waals surface area contributed by atoms with Crippen molar-refractivity contribution in [2.75, 3.05) is 13.2 Å². The number of ether oxygens (including phenoxy) is 1. The Bertz CT molecular complexity index is 541. The summed E-state index contributed by atoms with van der Waals surface area (Å²) >= 11 is 0. The summed E-state index contributed by atoms with van der Waals surface area (Å²) in [5.41, 5.74) is -0.324. The zero-order valence-electron chi connectivity index (χ0n) is 10.6. The Morgan fingerprint density at radius 1 is 1.37 bits per heavy atom. The van der Waals surface area contributed by atoms with E-state index in [0.29, 0.717) is 13.0 Å². The predicted molar refractivity (Wildman–Crippen MR) is 70.5 cm³/mol. The Kier molecular flexibility index (Phi) is 4.73. The lowest BCUT2D eigenvalue weighted by Gasteiger charge is -2.22. The minimum atomic E-state index is -3.55. The largest absolute Gasteiger partial charge is 0.378 e. The maximum Gasteiger partial charge on any atom is 0.247 e. The molecule has 2 heterocycles. The number of aromatic nitrogens is 1. The number of hydrogen-bond donors (Lipinski definition) is 2. The lowest BCUT2D eigenvalue weighted by molar-refractivity contribution is 0.0123. The third-order valence-electron chi connectivity index (χ3n) is 3.10. The molecule has 1 unspecified atom stereocenters. The summed E-state index contributed by atoms with van der Waals surface area (Å²) in [5, 5.41) is 0. The molecule has 1 aromatic heterocycles. The first kappa shape index (κ1) is 14.2. The van der Waals surface area contributed by atoms with Gasteiger partial charge in [0.1, 0.15) is 0 Å². The van der Waals surface area contributed by atoms with E-state index in [1.54, 1.807) is 0 Å². The van der Waals surface area contributed by atoms with Crippen molar-refractivity contribution < 1.29 is 13.2 Å². The summed E-state index contributed by atoms with van der Waals surface area (Å²) < 4.78 is 31.9. The van der Waals surface area contributed by atoms with Crippen molar-refractivity contribution in [1.82, 2.24) is 9.71 Å². The average Bonchev–Trinajstić information content (AvgIpc) is 2.40. The predicted octanol–water partition coefficient (Wildman–Crippen LogP) is 0.612. The fourth-order valence-electron chi connectivity index (χ4n) is 2.04. The van der Waals surface area contributed by atoms with Crippen LogP contribution in [0, 0.1) is 0 Å². The van der Waals surface area contributed by atoms with Gasteiger partial charge in [-0.2, -0.15) is 0 Å². The van der Waals surface area contributed by atoms with Gasteiger partial charge in [0.05, 0.1) is 11.0 Å². The highest BCUT2D eigenvalue weighted by molar-refractivity contribution is 7.89. The summed E-state index contributed by atoms with van der Waals surface area (Å²) in [7, 11) is -3.55. The summed E-state index contributed by atoms with van der Waals surface area (Å²) in [6.45, 7) is 1.10. The molecule has 0 aromatic carbocycles. The standard InChI is InChI=1S/C12H18N2O4S/c15-12-5-4-11(9-13-12)19(16,17)14-7-6-10-3-1-2-8-18-10/h4-5,9-10,14H,1-3,6-8H2,(H,13,15). The van der Waals surface area contributed by atoms with Crippen LogP contribution in [0.4, 0.5) is 0 Å². The molecule has 0 amide bonds. The van der Waals surface area contributed by atoms with Crippen LogP contribution in [0.15, 0.2) is 28.0 Å². The van der Waals surface area contributed by atoms with Crippen molar-refractivity contribution in [2.24, 2.45) is 0 Å². The topological polar surface area (TPSA) is 88.3 Å². The van der Waals surface area contributed by atoms with E-state index in [1.807, 2.05) is 0 Å². The average molecular weight is 286 g/mol. The zero-order valence-corrected chi connectivity index (χ0v) is 11.4. The first-order chi connectivity index (χ1) is 9.08. The van der Waals surface area contributed by atoms with E-state index in [2.05, 4.69) is 9.71 Å².